The molecular weight excluding hydrogens is 270 g/mol. The topological polar surface area (TPSA) is 54.5 Å². The lowest BCUT2D eigenvalue weighted by molar-refractivity contribution is -0.129. The molecule has 1 heterocycles. The number of rotatable bonds is 5. The molecule has 18 heavy (non-hydrogen) atoms. The summed E-state index contributed by atoms with van der Waals surface area (Å²) in [4.78, 5) is 13.8. The van der Waals surface area contributed by atoms with Gasteiger partial charge in [-0.3, -0.25) is 4.79 Å². The van der Waals surface area contributed by atoms with Crippen LogP contribution in [0.15, 0.2) is 0 Å². The lowest BCUT2D eigenvalue weighted by atomic mass is 10.2. The van der Waals surface area contributed by atoms with Crippen molar-refractivity contribution in [3.63, 3.8) is 0 Å². The van der Waals surface area contributed by atoms with Crippen molar-refractivity contribution in [2.45, 2.75) is 37.5 Å². The number of thioether (sulfide) groups is 1. The van der Waals surface area contributed by atoms with Crippen molar-refractivity contribution in [2.24, 2.45) is 5.92 Å². The van der Waals surface area contributed by atoms with E-state index in [0.29, 0.717) is 24.1 Å². The smallest absolute Gasteiger partial charge is 0.232 e. The van der Waals surface area contributed by atoms with E-state index in [9.17, 15) is 13.2 Å². The first kappa shape index (κ1) is 14.2. The molecule has 0 aromatic heterocycles. The predicted octanol–water partition coefficient (Wildman–Crippen LogP) is 1.16. The first-order chi connectivity index (χ1) is 8.39. The first-order valence-corrected chi connectivity index (χ1v) is 9.34. The quantitative estimate of drug-likeness (QED) is 0.763. The molecule has 0 aromatic rings. The molecule has 2 rings (SSSR count). The molecule has 4 nitrogen and oxygen atoms in total. The van der Waals surface area contributed by atoms with E-state index in [4.69, 9.17) is 0 Å². The standard InChI is InChI=1S/C12H21NO3S2/c1-9(10-3-4-10)13(2)12(14)7-17-11-5-6-18(15,16)8-11/h9-11H,3-8H2,1-2H3/t9-,11-/m1/s1. The van der Waals surface area contributed by atoms with Gasteiger partial charge in [0.15, 0.2) is 9.84 Å². The van der Waals surface area contributed by atoms with Crippen molar-refractivity contribution in [3.8, 4) is 0 Å². The minimum Gasteiger partial charge on any atom is -0.342 e. The molecule has 1 aliphatic carbocycles. The molecule has 0 N–H and O–H groups in total. The maximum Gasteiger partial charge on any atom is 0.232 e. The second-order valence-corrected chi connectivity index (χ2v) is 8.94. The van der Waals surface area contributed by atoms with Crippen LogP contribution in [0, 0.1) is 5.92 Å². The number of hydrogen-bond donors (Lipinski definition) is 0. The van der Waals surface area contributed by atoms with Crippen molar-refractivity contribution < 1.29 is 13.2 Å². The van der Waals surface area contributed by atoms with E-state index in [2.05, 4.69) is 6.92 Å². The summed E-state index contributed by atoms with van der Waals surface area (Å²) in [6, 6.07) is 0.324. The molecule has 1 aliphatic heterocycles. The summed E-state index contributed by atoms with van der Waals surface area (Å²) < 4.78 is 22.6. The Kier molecular flexibility index (Phi) is 4.26. The number of carbonyl (C=O) groups excluding carboxylic acids is 1. The SMILES string of the molecule is C[C@H](C1CC1)N(C)C(=O)CS[C@@H]1CCS(=O)(=O)C1. The normalized spacial score (nSPS) is 28.0. The summed E-state index contributed by atoms with van der Waals surface area (Å²) in [7, 11) is -0.971. The fourth-order valence-electron chi connectivity index (χ4n) is 2.31. The highest BCUT2D eigenvalue weighted by molar-refractivity contribution is 8.02. The van der Waals surface area contributed by atoms with Gasteiger partial charge in [-0.2, -0.15) is 0 Å². The van der Waals surface area contributed by atoms with E-state index >= 15 is 0 Å². The summed E-state index contributed by atoms with van der Waals surface area (Å²) >= 11 is 1.50. The number of carbonyl (C=O) groups is 1. The molecule has 0 bridgehead atoms. The van der Waals surface area contributed by atoms with Gasteiger partial charge in [0.25, 0.3) is 0 Å². The van der Waals surface area contributed by atoms with Gasteiger partial charge in [-0.25, -0.2) is 8.42 Å². The van der Waals surface area contributed by atoms with Crippen molar-refractivity contribution in [3.05, 3.63) is 0 Å². The molecule has 0 radical (unpaired) electrons. The molecule has 1 saturated carbocycles. The van der Waals surface area contributed by atoms with Gasteiger partial charge in [-0.15, -0.1) is 11.8 Å². The summed E-state index contributed by atoms with van der Waals surface area (Å²) in [6.45, 7) is 2.10. The molecule has 2 aliphatic rings. The van der Waals surface area contributed by atoms with Crippen LogP contribution in [0.2, 0.25) is 0 Å². The lowest BCUT2D eigenvalue weighted by Gasteiger charge is -2.25. The predicted molar refractivity (Wildman–Crippen MR) is 74.5 cm³/mol. The first-order valence-electron chi connectivity index (χ1n) is 6.47. The van der Waals surface area contributed by atoms with Crippen LogP contribution in [-0.4, -0.2) is 54.8 Å². The average Bonchev–Trinajstić information content (AvgIpc) is 3.09. The Balaban J connectivity index is 1.74. The van der Waals surface area contributed by atoms with Crippen LogP contribution in [0.25, 0.3) is 0 Å². The summed E-state index contributed by atoms with van der Waals surface area (Å²) in [6.07, 6.45) is 3.15. The fourth-order valence-corrected chi connectivity index (χ4v) is 5.87. The maximum atomic E-state index is 12.0. The monoisotopic (exact) mass is 291 g/mol. The van der Waals surface area contributed by atoms with Gasteiger partial charge in [0.2, 0.25) is 5.91 Å². The van der Waals surface area contributed by atoms with E-state index in [1.807, 2.05) is 11.9 Å². The van der Waals surface area contributed by atoms with Crippen LogP contribution in [0.1, 0.15) is 26.2 Å². The van der Waals surface area contributed by atoms with Crippen LogP contribution in [0.3, 0.4) is 0 Å². The number of sulfone groups is 1. The molecule has 6 heteroatoms. The van der Waals surface area contributed by atoms with Gasteiger partial charge >= 0.3 is 0 Å². The van der Waals surface area contributed by atoms with E-state index in [1.54, 1.807) is 0 Å². The fraction of sp³-hybridized carbons (Fsp3) is 0.917. The van der Waals surface area contributed by atoms with E-state index in [1.165, 1.54) is 24.6 Å². The van der Waals surface area contributed by atoms with Crippen LogP contribution >= 0.6 is 11.8 Å². The number of nitrogens with zero attached hydrogens (tertiary/aromatic N) is 1. The Bertz CT molecular complexity index is 417. The molecular formula is C12H21NO3S2. The largest absolute Gasteiger partial charge is 0.342 e. The van der Waals surface area contributed by atoms with Gasteiger partial charge in [0.1, 0.15) is 0 Å². The summed E-state index contributed by atoms with van der Waals surface area (Å²) in [5.74, 6) is 1.74. The highest BCUT2D eigenvalue weighted by atomic mass is 32.2. The minimum absolute atomic E-state index is 0.114. The zero-order valence-electron chi connectivity index (χ0n) is 11.0. The zero-order valence-corrected chi connectivity index (χ0v) is 12.6. The Morgan fingerprint density at radius 2 is 2.06 bits per heavy atom. The summed E-state index contributed by atoms with van der Waals surface area (Å²) in [5.41, 5.74) is 0. The van der Waals surface area contributed by atoms with Gasteiger partial charge in [0.05, 0.1) is 17.3 Å². The third-order valence-electron chi connectivity index (χ3n) is 3.94. The van der Waals surface area contributed by atoms with Crippen molar-refractivity contribution >= 4 is 27.5 Å². The van der Waals surface area contributed by atoms with Gasteiger partial charge in [-0.05, 0) is 32.1 Å². The molecule has 1 amide bonds. The van der Waals surface area contributed by atoms with Crippen molar-refractivity contribution in [1.82, 2.24) is 4.90 Å². The van der Waals surface area contributed by atoms with Gasteiger partial charge in [-0.1, -0.05) is 0 Å². The van der Waals surface area contributed by atoms with E-state index in [0.717, 1.165) is 0 Å². The summed E-state index contributed by atoms with van der Waals surface area (Å²) in [5, 5.41) is 0.114. The van der Waals surface area contributed by atoms with Crippen molar-refractivity contribution in [1.29, 1.82) is 0 Å². The Labute approximate surface area is 113 Å². The third-order valence-corrected chi connectivity index (χ3v) is 7.21. The highest BCUT2D eigenvalue weighted by Gasteiger charge is 2.33. The molecule has 2 fully saturated rings. The second-order valence-electron chi connectivity index (χ2n) is 5.42. The van der Waals surface area contributed by atoms with Crippen molar-refractivity contribution in [2.75, 3.05) is 24.3 Å². The maximum absolute atomic E-state index is 12.0. The minimum atomic E-state index is -2.83. The number of hydrogen-bond acceptors (Lipinski definition) is 4. The van der Waals surface area contributed by atoms with Gasteiger partial charge < -0.3 is 4.90 Å². The third kappa shape index (κ3) is 3.63. The Morgan fingerprint density at radius 1 is 1.39 bits per heavy atom. The molecule has 104 valence electrons. The zero-order chi connectivity index (χ0) is 13.3. The molecule has 0 spiro atoms. The van der Waals surface area contributed by atoms with E-state index < -0.39 is 9.84 Å². The Morgan fingerprint density at radius 3 is 2.56 bits per heavy atom. The number of amides is 1. The lowest BCUT2D eigenvalue weighted by Crippen LogP contribution is -2.37. The van der Waals surface area contributed by atoms with Crippen LogP contribution in [-0.2, 0) is 14.6 Å². The van der Waals surface area contributed by atoms with Crippen LogP contribution in [0.5, 0.6) is 0 Å². The molecule has 2 atom stereocenters. The van der Waals surface area contributed by atoms with Crippen LogP contribution < -0.4 is 0 Å². The molecule has 0 aromatic carbocycles. The van der Waals surface area contributed by atoms with Gasteiger partial charge in [0, 0.05) is 18.3 Å². The molecule has 1 saturated heterocycles. The van der Waals surface area contributed by atoms with Crippen LogP contribution in [0.4, 0.5) is 0 Å². The molecule has 0 unspecified atom stereocenters. The average molecular weight is 291 g/mol. The second kappa shape index (κ2) is 5.41. The Hall–Kier alpha value is -0.230. The van der Waals surface area contributed by atoms with E-state index in [-0.39, 0.29) is 22.7 Å². The highest BCUT2D eigenvalue weighted by Crippen LogP contribution is 2.35.